The van der Waals surface area contributed by atoms with Crippen molar-refractivity contribution in [3.8, 4) is 11.6 Å². The molecule has 1 aliphatic rings. The SMILES string of the molecule is NC1CCCC(c2nc(-c3ccco3)no2)C1. The molecule has 90 valence electrons. The lowest BCUT2D eigenvalue weighted by Gasteiger charge is -2.23. The van der Waals surface area contributed by atoms with Crippen LogP contribution in [0.1, 0.15) is 37.5 Å². The zero-order chi connectivity index (χ0) is 11.7. The van der Waals surface area contributed by atoms with Crippen LogP contribution < -0.4 is 5.73 Å². The van der Waals surface area contributed by atoms with Crippen LogP contribution in [-0.2, 0) is 0 Å². The number of furan rings is 1. The topological polar surface area (TPSA) is 78.1 Å². The molecule has 17 heavy (non-hydrogen) atoms. The minimum Gasteiger partial charge on any atom is -0.461 e. The first-order chi connectivity index (χ1) is 8.33. The van der Waals surface area contributed by atoms with E-state index in [0.29, 0.717) is 23.4 Å². The van der Waals surface area contributed by atoms with Gasteiger partial charge in [0.15, 0.2) is 5.76 Å². The van der Waals surface area contributed by atoms with Crippen molar-refractivity contribution in [2.45, 2.75) is 37.6 Å². The van der Waals surface area contributed by atoms with Crippen molar-refractivity contribution in [2.24, 2.45) is 5.73 Å². The predicted molar refractivity (Wildman–Crippen MR) is 61.2 cm³/mol. The summed E-state index contributed by atoms with van der Waals surface area (Å²) in [6.45, 7) is 0. The summed E-state index contributed by atoms with van der Waals surface area (Å²) < 4.78 is 10.5. The zero-order valence-electron chi connectivity index (χ0n) is 9.50. The van der Waals surface area contributed by atoms with Crippen LogP contribution in [0.15, 0.2) is 27.3 Å². The summed E-state index contributed by atoms with van der Waals surface area (Å²) in [6, 6.07) is 3.89. The van der Waals surface area contributed by atoms with E-state index < -0.39 is 0 Å². The summed E-state index contributed by atoms with van der Waals surface area (Å²) >= 11 is 0. The van der Waals surface area contributed by atoms with E-state index in [-0.39, 0.29) is 6.04 Å². The summed E-state index contributed by atoms with van der Waals surface area (Å²) in [7, 11) is 0. The van der Waals surface area contributed by atoms with Crippen LogP contribution in [0.5, 0.6) is 0 Å². The van der Waals surface area contributed by atoms with Gasteiger partial charge in [0, 0.05) is 12.0 Å². The standard InChI is InChI=1S/C12H15N3O2/c13-9-4-1-3-8(7-9)12-14-11(15-17-12)10-5-2-6-16-10/h2,5-6,8-9H,1,3-4,7,13H2. The number of hydrogen-bond acceptors (Lipinski definition) is 5. The molecule has 1 fully saturated rings. The maximum absolute atomic E-state index is 5.96. The molecule has 5 heteroatoms. The molecule has 0 aromatic carbocycles. The van der Waals surface area contributed by atoms with Crippen LogP contribution in [0.2, 0.25) is 0 Å². The molecule has 2 heterocycles. The summed E-state index contributed by atoms with van der Waals surface area (Å²) in [5.74, 6) is 2.14. The number of nitrogens with two attached hydrogens (primary N) is 1. The lowest BCUT2D eigenvalue weighted by Crippen LogP contribution is -2.26. The van der Waals surface area contributed by atoms with E-state index in [2.05, 4.69) is 10.1 Å². The molecule has 0 spiro atoms. The molecule has 2 atom stereocenters. The zero-order valence-corrected chi connectivity index (χ0v) is 9.50. The van der Waals surface area contributed by atoms with E-state index in [1.165, 1.54) is 0 Å². The third kappa shape index (κ3) is 2.10. The molecular formula is C12H15N3O2. The predicted octanol–water partition coefficient (Wildman–Crippen LogP) is 2.31. The molecule has 2 aromatic rings. The van der Waals surface area contributed by atoms with Gasteiger partial charge in [-0.05, 0) is 31.4 Å². The molecule has 0 radical (unpaired) electrons. The fourth-order valence-corrected chi connectivity index (χ4v) is 2.36. The van der Waals surface area contributed by atoms with Gasteiger partial charge in [0.2, 0.25) is 11.7 Å². The Morgan fingerprint density at radius 1 is 1.35 bits per heavy atom. The number of hydrogen-bond donors (Lipinski definition) is 1. The summed E-state index contributed by atoms with van der Waals surface area (Å²) in [4.78, 5) is 4.38. The van der Waals surface area contributed by atoms with Crippen molar-refractivity contribution in [1.82, 2.24) is 10.1 Å². The second-order valence-electron chi connectivity index (χ2n) is 4.56. The smallest absolute Gasteiger partial charge is 0.238 e. The maximum Gasteiger partial charge on any atom is 0.238 e. The van der Waals surface area contributed by atoms with Gasteiger partial charge in [0.1, 0.15) is 0 Å². The monoisotopic (exact) mass is 233 g/mol. The molecule has 2 N–H and O–H groups in total. The van der Waals surface area contributed by atoms with Crippen molar-refractivity contribution in [1.29, 1.82) is 0 Å². The normalized spacial score (nSPS) is 25.0. The van der Waals surface area contributed by atoms with Gasteiger partial charge in [-0.3, -0.25) is 0 Å². The van der Waals surface area contributed by atoms with Crippen LogP contribution in [0, 0.1) is 0 Å². The van der Waals surface area contributed by atoms with Crippen LogP contribution in [0.4, 0.5) is 0 Å². The van der Waals surface area contributed by atoms with E-state index in [4.69, 9.17) is 14.7 Å². The van der Waals surface area contributed by atoms with Gasteiger partial charge in [0.05, 0.1) is 6.26 Å². The fourth-order valence-electron chi connectivity index (χ4n) is 2.36. The van der Waals surface area contributed by atoms with Crippen molar-refractivity contribution < 1.29 is 8.94 Å². The van der Waals surface area contributed by atoms with Crippen LogP contribution in [0.25, 0.3) is 11.6 Å². The van der Waals surface area contributed by atoms with Gasteiger partial charge in [0.25, 0.3) is 0 Å². The fraction of sp³-hybridized carbons (Fsp3) is 0.500. The Kier molecular flexibility index (Phi) is 2.68. The first-order valence-corrected chi connectivity index (χ1v) is 5.96. The second-order valence-corrected chi connectivity index (χ2v) is 4.56. The minimum atomic E-state index is 0.257. The van der Waals surface area contributed by atoms with Crippen molar-refractivity contribution in [2.75, 3.05) is 0 Å². The van der Waals surface area contributed by atoms with E-state index in [9.17, 15) is 0 Å². The highest BCUT2D eigenvalue weighted by atomic mass is 16.5. The average Bonchev–Trinajstić information content (AvgIpc) is 3.00. The van der Waals surface area contributed by atoms with Crippen LogP contribution in [-0.4, -0.2) is 16.2 Å². The highest BCUT2D eigenvalue weighted by Gasteiger charge is 2.26. The van der Waals surface area contributed by atoms with Gasteiger partial charge in [-0.25, -0.2) is 0 Å². The summed E-state index contributed by atoms with van der Waals surface area (Å²) in [5.41, 5.74) is 5.96. The van der Waals surface area contributed by atoms with Crippen molar-refractivity contribution >= 4 is 0 Å². The molecular weight excluding hydrogens is 218 g/mol. The molecule has 5 nitrogen and oxygen atoms in total. The molecule has 0 bridgehead atoms. The Bertz CT molecular complexity index is 478. The van der Waals surface area contributed by atoms with E-state index in [1.807, 2.05) is 12.1 Å². The molecule has 2 aromatic heterocycles. The Labute approximate surface area is 99.0 Å². The minimum absolute atomic E-state index is 0.257. The van der Waals surface area contributed by atoms with Gasteiger partial charge < -0.3 is 14.7 Å². The molecule has 0 amide bonds. The largest absolute Gasteiger partial charge is 0.461 e. The first kappa shape index (κ1) is 10.5. The third-order valence-corrected chi connectivity index (χ3v) is 3.25. The van der Waals surface area contributed by atoms with E-state index >= 15 is 0 Å². The van der Waals surface area contributed by atoms with Crippen LogP contribution >= 0.6 is 0 Å². The molecule has 2 unspecified atom stereocenters. The second kappa shape index (κ2) is 4.33. The van der Waals surface area contributed by atoms with Gasteiger partial charge in [-0.15, -0.1) is 0 Å². The van der Waals surface area contributed by atoms with Gasteiger partial charge in [-0.1, -0.05) is 11.6 Å². The average molecular weight is 233 g/mol. The van der Waals surface area contributed by atoms with Gasteiger partial charge >= 0.3 is 0 Å². The van der Waals surface area contributed by atoms with Crippen molar-refractivity contribution in [3.63, 3.8) is 0 Å². The van der Waals surface area contributed by atoms with Crippen LogP contribution in [0.3, 0.4) is 0 Å². The molecule has 0 saturated heterocycles. The molecule has 1 saturated carbocycles. The number of rotatable bonds is 2. The quantitative estimate of drug-likeness (QED) is 0.861. The summed E-state index contributed by atoms with van der Waals surface area (Å²) in [6.07, 6.45) is 5.83. The highest BCUT2D eigenvalue weighted by Crippen LogP contribution is 2.32. The third-order valence-electron chi connectivity index (χ3n) is 3.25. The maximum atomic E-state index is 5.96. The molecule has 0 aliphatic heterocycles. The number of nitrogens with zero attached hydrogens (tertiary/aromatic N) is 2. The van der Waals surface area contributed by atoms with Gasteiger partial charge in [-0.2, -0.15) is 4.98 Å². The lowest BCUT2D eigenvalue weighted by atomic mass is 9.86. The number of aromatic nitrogens is 2. The van der Waals surface area contributed by atoms with Crippen molar-refractivity contribution in [3.05, 3.63) is 24.3 Å². The Morgan fingerprint density at radius 3 is 3.06 bits per heavy atom. The van der Waals surface area contributed by atoms with E-state index in [0.717, 1.165) is 25.7 Å². The molecule has 3 rings (SSSR count). The van der Waals surface area contributed by atoms with E-state index in [1.54, 1.807) is 6.26 Å². The highest BCUT2D eigenvalue weighted by molar-refractivity contribution is 5.44. The Hall–Kier alpha value is -1.62. The summed E-state index contributed by atoms with van der Waals surface area (Å²) in [5, 5.41) is 3.94. The Balaban J connectivity index is 1.80. The first-order valence-electron chi connectivity index (χ1n) is 5.96. The Morgan fingerprint density at radius 2 is 2.29 bits per heavy atom. The molecule has 1 aliphatic carbocycles. The lowest BCUT2D eigenvalue weighted by molar-refractivity contribution is 0.298.